The van der Waals surface area contributed by atoms with Crippen LogP contribution in [0.25, 0.3) is 0 Å². The van der Waals surface area contributed by atoms with Gasteiger partial charge < -0.3 is 10.2 Å². The van der Waals surface area contributed by atoms with Gasteiger partial charge >= 0.3 is 0 Å². The van der Waals surface area contributed by atoms with Crippen LogP contribution in [0.3, 0.4) is 0 Å². The maximum atomic E-state index is 4.32. The Labute approximate surface area is 97.1 Å². The van der Waals surface area contributed by atoms with E-state index >= 15 is 0 Å². The van der Waals surface area contributed by atoms with E-state index in [1.165, 1.54) is 19.4 Å². The Bertz CT molecular complexity index is 322. The van der Waals surface area contributed by atoms with Gasteiger partial charge in [0.1, 0.15) is 5.82 Å². The third-order valence-electron chi connectivity index (χ3n) is 3.09. The number of aromatic nitrogens is 2. The third kappa shape index (κ3) is 2.70. The van der Waals surface area contributed by atoms with Gasteiger partial charge in [0.2, 0.25) is 0 Å². The van der Waals surface area contributed by atoms with Gasteiger partial charge in [0.15, 0.2) is 0 Å². The van der Waals surface area contributed by atoms with Gasteiger partial charge in [-0.1, -0.05) is 0 Å². The first-order valence-electron chi connectivity index (χ1n) is 6.05. The Hall–Kier alpha value is -1.16. The van der Waals surface area contributed by atoms with Crippen molar-refractivity contribution in [3.05, 3.63) is 17.8 Å². The van der Waals surface area contributed by atoms with Gasteiger partial charge in [0, 0.05) is 19.0 Å². The van der Waals surface area contributed by atoms with Crippen molar-refractivity contribution in [1.29, 1.82) is 0 Å². The molecule has 88 valence electrons. The second-order valence-electron chi connectivity index (χ2n) is 4.48. The summed E-state index contributed by atoms with van der Waals surface area (Å²) in [7, 11) is 2.17. The van der Waals surface area contributed by atoms with Gasteiger partial charge in [-0.05, 0) is 45.5 Å². The molecule has 2 rings (SSSR count). The Morgan fingerprint density at radius 3 is 2.94 bits per heavy atom. The van der Waals surface area contributed by atoms with Crippen molar-refractivity contribution < 1.29 is 0 Å². The number of hydrogen-bond donors (Lipinski definition) is 1. The predicted molar refractivity (Wildman–Crippen MR) is 65.7 cm³/mol. The monoisotopic (exact) mass is 220 g/mol. The van der Waals surface area contributed by atoms with Crippen LogP contribution in [-0.4, -0.2) is 41.8 Å². The smallest absolute Gasteiger partial charge is 0.148 e. The van der Waals surface area contributed by atoms with E-state index in [4.69, 9.17) is 0 Å². The fourth-order valence-electron chi connectivity index (χ4n) is 2.24. The molecule has 0 radical (unpaired) electrons. The van der Waals surface area contributed by atoms with Crippen molar-refractivity contribution in [1.82, 2.24) is 15.1 Å². The SMILES string of the molecule is CCNc1ccc(C2CCCN(C)C2)nn1. The summed E-state index contributed by atoms with van der Waals surface area (Å²) in [6.45, 7) is 5.26. The Kier molecular flexibility index (Phi) is 3.72. The summed E-state index contributed by atoms with van der Waals surface area (Å²) in [6.07, 6.45) is 2.50. The number of piperidine rings is 1. The van der Waals surface area contributed by atoms with E-state index in [1.54, 1.807) is 0 Å². The molecule has 0 saturated carbocycles. The molecule has 0 bridgehead atoms. The van der Waals surface area contributed by atoms with Crippen LogP contribution in [0.4, 0.5) is 5.82 Å². The van der Waals surface area contributed by atoms with E-state index in [2.05, 4.69) is 40.5 Å². The normalized spacial score (nSPS) is 22.0. The molecule has 0 aliphatic carbocycles. The highest BCUT2D eigenvalue weighted by Crippen LogP contribution is 2.24. The van der Waals surface area contributed by atoms with Crippen molar-refractivity contribution in [3.8, 4) is 0 Å². The fraction of sp³-hybridized carbons (Fsp3) is 0.667. The molecule has 1 fully saturated rings. The van der Waals surface area contributed by atoms with Crippen molar-refractivity contribution >= 4 is 5.82 Å². The lowest BCUT2D eigenvalue weighted by molar-refractivity contribution is 0.248. The first-order valence-corrected chi connectivity index (χ1v) is 6.05. The molecular weight excluding hydrogens is 200 g/mol. The summed E-state index contributed by atoms with van der Waals surface area (Å²) in [5.41, 5.74) is 1.13. The third-order valence-corrected chi connectivity index (χ3v) is 3.09. The maximum Gasteiger partial charge on any atom is 0.148 e. The topological polar surface area (TPSA) is 41.0 Å². The van der Waals surface area contributed by atoms with Crippen LogP contribution >= 0.6 is 0 Å². The fourth-order valence-corrected chi connectivity index (χ4v) is 2.24. The summed E-state index contributed by atoms with van der Waals surface area (Å²) in [4.78, 5) is 2.37. The number of likely N-dealkylation sites (tertiary alicyclic amines) is 1. The number of rotatable bonds is 3. The highest BCUT2D eigenvalue weighted by molar-refractivity contribution is 5.33. The zero-order valence-corrected chi connectivity index (χ0v) is 10.1. The largest absolute Gasteiger partial charge is 0.369 e. The Morgan fingerprint density at radius 1 is 1.44 bits per heavy atom. The van der Waals surface area contributed by atoms with Gasteiger partial charge in [0.05, 0.1) is 5.69 Å². The Balaban J connectivity index is 2.03. The van der Waals surface area contributed by atoms with E-state index in [1.807, 2.05) is 6.07 Å². The average Bonchev–Trinajstić information content (AvgIpc) is 2.30. The van der Waals surface area contributed by atoms with Gasteiger partial charge in [-0.15, -0.1) is 5.10 Å². The van der Waals surface area contributed by atoms with Crippen molar-refractivity contribution in [2.24, 2.45) is 0 Å². The highest BCUT2D eigenvalue weighted by Gasteiger charge is 2.20. The zero-order chi connectivity index (χ0) is 11.4. The number of likely N-dealkylation sites (N-methyl/N-ethyl adjacent to an activating group) is 1. The van der Waals surface area contributed by atoms with E-state index in [0.29, 0.717) is 5.92 Å². The lowest BCUT2D eigenvalue weighted by Crippen LogP contribution is -2.31. The molecule has 1 N–H and O–H groups in total. The Morgan fingerprint density at radius 2 is 2.31 bits per heavy atom. The molecule has 16 heavy (non-hydrogen) atoms. The molecular formula is C12H20N4. The molecule has 4 nitrogen and oxygen atoms in total. The van der Waals surface area contributed by atoms with Gasteiger partial charge in [-0.25, -0.2) is 0 Å². The summed E-state index contributed by atoms with van der Waals surface area (Å²) in [5.74, 6) is 1.43. The highest BCUT2D eigenvalue weighted by atomic mass is 15.2. The first-order chi connectivity index (χ1) is 7.79. The summed E-state index contributed by atoms with van der Waals surface area (Å²) < 4.78 is 0. The zero-order valence-electron chi connectivity index (χ0n) is 10.1. The molecule has 0 amide bonds. The lowest BCUT2D eigenvalue weighted by Gasteiger charge is -2.28. The molecule has 1 aromatic rings. The van der Waals surface area contributed by atoms with Gasteiger partial charge in [-0.2, -0.15) is 5.10 Å². The molecule has 1 aliphatic rings. The lowest BCUT2D eigenvalue weighted by atomic mass is 9.95. The van der Waals surface area contributed by atoms with E-state index in [-0.39, 0.29) is 0 Å². The van der Waals surface area contributed by atoms with Crippen LogP contribution in [0.15, 0.2) is 12.1 Å². The molecule has 1 aliphatic heterocycles. The van der Waals surface area contributed by atoms with Crippen molar-refractivity contribution in [2.45, 2.75) is 25.7 Å². The second kappa shape index (κ2) is 5.25. The van der Waals surface area contributed by atoms with Crippen LogP contribution in [0.5, 0.6) is 0 Å². The van der Waals surface area contributed by atoms with Crippen LogP contribution in [0.2, 0.25) is 0 Å². The van der Waals surface area contributed by atoms with Crippen LogP contribution in [-0.2, 0) is 0 Å². The quantitative estimate of drug-likeness (QED) is 0.842. The van der Waals surface area contributed by atoms with E-state index in [0.717, 1.165) is 24.6 Å². The van der Waals surface area contributed by atoms with Crippen molar-refractivity contribution in [2.75, 3.05) is 32.0 Å². The molecule has 0 aromatic carbocycles. The van der Waals surface area contributed by atoms with Gasteiger partial charge in [0.25, 0.3) is 0 Å². The van der Waals surface area contributed by atoms with E-state index in [9.17, 15) is 0 Å². The van der Waals surface area contributed by atoms with Crippen molar-refractivity contribution in [3.63, 3.8) is 0 Å². The van der Waals surface area contributed by atoms with Crippen LogP contribution in [0.1, 0.15) is 31.4 Å². The molecule has 1 aromatic heterocycles. The molecule has 1 unspecified atom stereocenters. The molecule has 0 spiro atoms. The summed E-state index contributed by atoms with van der Waals surface area (Å²) >= 11 is 0. The number of nitrogens with zero attached hydrogens (tertiary/aromatic N) is 3. The van der Waals surface area contributed by atoms with Crippen LogP contribution in [0, 0.1) is 0 Å². The molecule has 1 atom stereocenters. The number of anilines is 1. The number of nitrogens with one attached hydrogen (secondary N) is 1. The molecule has 4 heteroatoms. The van der Waals surface area contributed by atoms with Crippen LogP contribution < -0.4 is 5.32 Å². The number of hydrogen-bond acceptors (Lipinski definition) is 4. The minimum absolute atomic E-state index is 0.557. The average molecular weight is 220 g/mol. The van der Waals surface area contributed by atoms with E-state index < -0.39 is 0 Å². The maximum absolute atomic E-state index is 4.32. The summed E-state index contributed by atoms with van der Waals surface area (Å²) in [6, 6.07) is 4.13. The molecule has 2 heterocycles. The second-order valence-corrected chi connectivity index (χ2v) is 4.48. The van der Waals surface area contributed by atoms with Gasteiger partial charge in [-0.3, -0.25) is 0 Å². The standard InChI is InChI=1S/C12H20N4/c1-3-13-12-7-6-11(14-15-12)10-5-4-8-16(2)9-10/h6-7,10H,3-5,8-9H2,1-2H3,(H,13,15). The predicted octanol–water partition coefficient (Wildman–Crippen LogP) is 1.72. The minimum Gasteiger partial charge on any atom is -0.369 e. The first kappa shape index (κ1) is 11.3. The minimum atomic E-state index is 0.557. The molecule has 1 saturated heterocycles. The summed E-state index contributed by atoms with van der Waals surface area (Å²) in [5, 5.41) is 11.7.